The lowest BCUT2D eigenvalue weighted by Crippen LogP contribution is -1.94. The summed E-state index contributed by atoms with van der Waals surface area (Å²) in [6.45, 7) is 3.66. The average Bonchev–Trinajstić information content (AvgIpc) is 2.69. The molecule has 27 heavy (non-hydrogen) atoms. The Hall–Kier alpha value is -2.74. The van der Waals surface area contributed by atoms with Gasteiger partial charge < -0.3 is 0 Å². The minimum absolute atomic E-state index is 0.131. The highest BCUT2D eigenvalue weighted by Gasteiger charge is 2.09. The number of rotatable bonds is 7. The highest BCUT2D eigenvalue weighted by atomic mass is 19.1. The lowest BCUT2D eigenvalue weighted by molar-refractivity contribution is 0.101. The molecular formula is C25H25FO. The standard InChI is InChI=1S/C25H25FO/c1-3-4-5-6-19-7-9-20(10-8-19)21-11-13-22(14-12-21)24-16-15-23(18(2)27)17-25(24)26/h7-17H,3-6H2,1-2H3. The van der Waals surface area contributed by atoms with Gasteiger partial charge >= 0.3 is 0 Å². The predicted molar refractivity (Wildman–Crippen MR) is 111 cm³/mol. The minimum Gasteiger partial charge on any atom is -0.295 e. The molecule has 0 saturated heterocycles. The molecule has 0 radical (unpaired) electrons. The van der Waals surface area contributed by atoms with Crippen molar-refractivity contribution in [2.45, 2.75) is 39.5 Å². The maximum atomic E-state index is 14.3. The molecule has 0 aromatic heterocycles. The van der Waals surface area contributed by atoms with Crippen LogP contribution in [0.2, 0.25) is 0 Å². The van der Waals surface area contributed by atoms with Crippen molar-refractivity contribution in [2.24, 2.45) is 0 Å². The number of ketones is 1. The van der Waals surface area contributed by atoms with Crippen LogP contribution in [-0.4, -0.2) is 5.78 Å². The third-order valence-corrected chi connectivity index (χ3v) is 4.93. The van der Waals surface area contributed by atoms with E-state index in [1.54, 1.807) is 12.1 Å². The number of carbonyl (C=O) groups is 1. The van der Waals surface area contributed by atoms with Crippen LogP contribution in [0, 0.1) is 5.82 Å². The molecule has 3 rings (SSSR count). The highest BCUT2D eigenvalue weighted by Crippen LogP contribution is 2.27. The number of carbonyl (C=O) groups excluding carboxylic acids is 1. The number of unbranched alkanes of at least 4 members (excludes halogenated alkanes) is 2. The summed E-state index contributed by atoms with van der Waals surface area (Å²) in [6, 6.07) is 21.2. The van der Waals surface area contributed by atoms with Gasteiger partial charge in [-0.1, -0.05) is 80.4 Å². The van der Waals surface area contributed by atoms with Gasteiger partial charge in [-0.3, -0.25) is 4.79 Å². The van der Waals surface area contributed by atoms with E-state index in [0.29, 0.717) is 11.1 Å². The van der Waals surface area contributed by atoms with Crippen LogP contribution in [0.3, 0.4) is 0 Å². The zero-order chi connectivity index (χ0) is 19.2. The second-order valence-corrected chi connectivity index (χ2v) is 6.98. The first-order chi connectivity index (χ1) is 13.1. The fourth-order valence-corrected chi connectivity index (χ4v) is 3.25. The van der Waals surface area contributed by atoms with E-state index in [1.807, 2.05) is 24.3 Å². The molecule has 0 unspecified atom stereocenters. The Labute approximate surface area is 160 Å². The molecule has 0 N–H and O–H groups in total. The largest absolute Gasteiger partial charge is 0.295 e. The summed E-state index contributed by atoms with van der Waals surface area (Å²) in [4.78, 5) is 11.4. The normalized spacial score (nSPS) is 10.8. The summed E-state index contributed by atoms with van der Waals surface area (Å²) in [7, 11) is 0. The third kappa shape index (κ3) is 4.71. The van der Waals surface area contributed by atoms with E-state index in [-0.39, 0.29) is 11.6 Å². The van der Waals surface area contributed by atoms with E-state index >= 15 is 0 Å². The number of hydrogen-bond donors (Lipinski definition) is 0. The fourth-order valence-electron chi connectivity index (χ4n) is 3.25. The van der Waals surface area contributed by atoms with Gasteiger partial charge in [0.05, 0.1) is 0 Å². The number of Topliss-reactive ketones (excluding diaryl/α,β-unsaturated/α-hetero) is 1. The molecule has 0 atom stereocenters. The summed E-state index contributed by atoms with van der Waals surface area (Å²) in [5.41, 5.74) is 5.36. The van der Waals surface area contributed by atoms with E-state index in [2.05, 4.69) is 31.2 Å². The lowest BCUT2D eigenvalue weighted by atomic mass is 9.97. The van der Waals surface area contributed by atoms with Crippen molar-refractivity contribution in [1.29, 1.82) is 0 Å². The first-order valence-electron chi connectivity index (χ1n) is 9.58. The summed E-state index contributed by atoms with van der Waals surface area (Å²) >= 11 is 0. The van der Waals surface area contributed by atoms with Crippen LogP contribution in [0.15, 0.2) is 66.7 Å². The number of aryl methyl sites for hydroxylation is 1. The molecule has 0 fully saturated rings. The first-order valence-corrected chi connectivity index (χ1v) is 9.58. The van der Waals surface area contributed by atoms with Crippen LogP contribution >= 0.6 is 0 Å². The average molecular weight is 360 g/mol. The van der Waals surface area contributed by atoms with Crippen molar-refractivity contribution in [1.82, 2.24) is 0 Å². The maximum Gasteiger partial charge on any atom is 0.159 e. The molecule has 0 aliphatic heterocycles. The number of hydrogen-bond acceptors (Lipinski definition) is 1. The van der Waals surface area contributed by atoms with Crippen LogP contribution in [0.4, 0.5) is 4.39 Å². The summed E-state index contributed by atoms with van der Waals surface area (Å²) in [5, 5.41) is 0. The van der Waals surface area contributed by atoms with E-state index in [1.165, 1.54) is 37.8 Å². The van der Waals surface area contributed by atoms with Gasteiger partial charge in [0.25, 0.3) is 0 Å². The lowest BCUT2D eigenvalue weighted by Gasteiger charge is -2.08. The van der Waals surface area contributed by atoms with Gasteiger partial charge in [-0.25, -0.2) is 4.39 Å². The van der Waals surface area contributed by atoms with Gasteiger partial charge in [0.15, 0.2) is 5.78 Å². The Morgan fingerprint density at radius 2 is 1.41 bits per heavy atom. The molecule has 3 aromatic carbocycles. The quantitative estimate of drug-likeness (QED) is 0.324. The molecule has 0 heterocycles. The molecule has 0 aliphatic rings. The van der Waals surface area contributed by atoms with Crippen molar-refractivity contribution in [3.63, 3.8) is 0 Å². The molecule has 3 aromatic rings. The predicted octanol–water partition coefficient (Wildman–Crippen LogP) is 7.10. The zero-order valence-corrected chi connectivity index (χ0v) is 16.0. The van der Waals surface area contributed by atoms with Crippen molar-refractivity contribution >= 4 is 5.78 Å². The second-order valence-electron chi connectivity index (χ2n) is 6.98. The van der Waals surface area contributed by atoms with Gasteiger partial charge in [-0.2, -0.15) is 0 Å². The molecule has 0 spiro atoms. The van der Waals surface area contributed by atoms with Crippen molar-refractivity contribution in [3.05, 3.63) is 83.7 Å². The molecule has 0 aliphatic carbocycles. The van der Waals surface area contributed by atoms with Crippen LogP contribution in [0.1, 0.15) is 49.0 Å². The smallest absolute Gasteiger partial charge is 0.159 e. The van der Waals surface area contributed by atoms with Crippen LogP contribution in [0.5, 0.6) is 0 Å². The Morgan fingerprint density at radius 3 is 1.96 bits per heavy atom. The second kappa shape index (κ2) is 8.77. The van der Waals surface area contributed by atoms with Gasteiger partial charge in [0.2, 0.25) is 0 Å². The Kier molecular flexibility index (Phi) is 6.18. The summed E-state index contributed by atoms with van der Waals surface area (Å²) < 4.78 is 14.3. The molecular weight excluding hydrogens is 335 g/mol. The molecule has 0 bridgehead atoms. The van der Waals surface area contributed by atoms with Gasteiger partial charge in [0, 0.05) is 11.1 Å². The minimum atomic E-state index is -0.369. The number of benzene rings is 3. The van der Waals surface area contributed by atoms with Gasteiger partial charge in [-0.05, 0) is 48.1 Å². The molecule has 0 saturated carbocycles. The Morgan fingerprint density at radius 1 is 0.815 bits per heavy atom. The summed E-state index contributed by atoms with van der Waals surface area (Å²) in [6.07, 6.45) is 4.87. The zero-order valence-electron chi connectivity index (χ0n) is 16.0. The van der Waals surface area contributed by atoms with Crippen LogP contribution < -0.4 is 0 Å². The summed E-state index contributed by atoms with van der Waals surface area (Å²) in [5.74, 6) is -0.499. The van der Waals surface area contributed by atoms with E-state index < -0.39 is 0 Å². The Bertz CT molecular complexity index is 908. The highest BCUT2D eigenvalue weighted by molar-refractivity contribution is 5.94. The molecule has 2 heteroatoms. The molecule has 138 valence electrons. The van der Waals surface area contributed by atoms with E-state index in [9.17, 15) is 9.18 Å². The fraction of sp³-hybridized carbons (Fsp3) is 0.240. The van der Waals surface area contributed by atoms with Gasteiger partial charge in [-0.15, -0.1) is 0 Å². The monoisotopic (exact) mass is 360 g/mol. The van der Waals surface area contributed by atoms with Gasteiger partial charge in [0.1, 0.15) is 5.82 Å². The molecule has 0 amide bonds. The van der Waals surface area contributed by atoms with Crippen LogP contribution in [0.25, 0.3) is 22.3 Å². The van der Waals surface area contributed by atoms with Crippen molar-refractivity contribution in [2.75, 3.05) is 0 Å². The van der Waals surface area contributed by atoms with Crippen molar-refractivity contribution in [3.8, 4) is 22.3 Å². The van der Waals surface area contributed by atoms with Crippen LogP contribution in [-0.2, 0) is 6.42 Å². The molecule has 1 nitrogen and oxygen atoms in total. The topological polar surface area (TPSA) is 17.1 Å². The SMILES string of the molecule is CCCCCc1ccc(-c2ccc(-c3ccc(C(C)=O)cc3F)cc2)cc1. The number of halogens is 1. The Balaban J connectivity index is 1.76. The maximum absolute atomic E-state index is 14.3. The third-order valence-electron chi connectivity index (χ3n) is 4.93. The first kappa shape index (κ1) is 19.0. The van der Waals surface area contributed by atoms with Crippen molar-refractivity contribution < 1.29 is 9.18 Å². The van der Waals surface area contributed by atoms with E-state index in [0.717, 1.165) is 23.1 Å². The van der Waals surface area contributed by atoms with E-state index in [4.69, 9.17) is 0 Å².